The Hall–Kier alpha value is -2.68. The van der Waals surface area contributed by atoms with Crippen LogP contribution in [0.4, 0.5) is 10.1 Å². The number of amides is 1. The van der Waals surface area contributed by atoms with E-state index < -0.39 is 27.8 Å². The molecule has 0 heterocycles. The van der Waals surface area contributed by atoms with E-state index in [9.17, 15) is 17.6 Å². The summed E-state index contributed by atoms with van der Waals surface area (Å²) in [5.74, 6) is -1.04. The second-order valence-electron chi connectivity index (χ2n) is 6.20. The normalized spacial score (nSPS) is 12.3. The summed E-state index contributed by atoms with van der Waals surface area (Å²) in [5.41, 5.74) is 0.583. The van der Waals surface area contributed by atoms with Crippen molar-refractivity contribution in [2.45, 2.75) is 27.7 Å². The molecule has 1 amide bonds. The van der Waals surface area contributed by atoms with Crippen LogP contribution in [0.15, 0.2) is 93.5 Å². The predicted molar refractivity (Wildman–Crippen MR) is 112 cm³/mol. The number of carbonyl (C=O) groups is 1. The van der Waals surface area contributed by atoms with Crippen LogP contribution in [0.1, 0.15) is 6.92 Å². The molecule has 0 radical (unpaired) electrons. The molecule has 3 aromatic carbocycles. The van der Waals surface area contributed by atoms with Crippen LogP contribution in [0.3, 0.4) is 0 Å². The Balaban J connectivity index is 1.71. The van der Waals surface area contributed by atoms with Gasteiger partial charge >= 0.3 is 0 Å². The van der Waals surface area contributed by atoms with E-state index in [0.717, 1.165) is 34.1 Å². The topological polar surface area (TPSA) is 75.3 Å². The molecule has 29 heavy (non-hydrogen) atoms. The highest BCUT2D eigenvalue weighted by Crippen LogP contribution is 2.33. The molecule has 0 saturated carbocycles. The molecule has 0 bridgehead atoms. The zero-order chi connectivity index (χ0) is 20.9. The first-order valence-electron chi connectivity index (χ1n) is 8.76. The van der Waals surface area contributed by atoms with Gasteiger partial charge in [-0.1, -0.05) is 42.1 Å². The number of anilines is 1. The zero-order valence-electron chi connectivity index (χ0n) is 15.5. The largest absolute Gasteiger partial charge is 0.324 e. The molecule has 150 valence electrons. The van der Waals surface area contributed by atoms with Gasteiger partial charge in [0, 0.05) is 9.79 Å². The van der Waals surface area contributed by atoms with E-state index in [4.69, 9.17) is 0 Å². The van der Waals surface area contributed by atoms with Gasteiger partial charge in [-0.2, -0.15) is 4.72 Å². The molecule has 8 heteroatoms. The molecule has 0 aromatic heterocycles. The average molecular weight is 431 g/mol. The summed E-state index contributed by atoms with van der Waals surface area (Å²) < 4.78 is 40.1. The lowest BCUT2D eigenvalue weighted by Gasteiger charge is -2.16. The van der Waals surface area contributed by atoms with Gasteiger partial charge in [0.1, 0.15) is 5.82 Å². The number of hydrogen-bond donors (Lipinski definition) is 2. The zero-order valence-corrected chi connectivity index (χ0v) is 17.1. The second-order valence-corrected chi connectivity index (χ2v) is 9.03. The highest BCUT2D eigenvalue weighted by Gasteiger charge is 2.22. The van der Waals surface area contributed by atoms with Crippen LogP contribution in [0.25, 0.3) is 0 Å². The van der Waals surface area contributed by atoms with Gasteiger partial charge in [-0.25, -0.2) is 12.8 Å². The van der Waals surface area contributed by atoms with Gasteiger partial charge in [0.2, 0.25) is 15.9 Å². The van der Waals surface area contributed by atoms with E-state index in [2.05, 4.69) is 10.0 Å². The minimum atomic E-state index is -3.95. The maximum absolute atomic E-state index is 13.0. The first kappa shape index (κ1) is 21.0. The summed E-state index contributed by atoms with van der Waals surface area (Å²) in [6, 6.07) is 20.4. The number of benzene rings is 3. The summed E-state index contributed by atoms with van der Waals surface area (Å²) >= 11 is 1.49. The fourth-order valence-electron chi connectivity index (χ4n) is 2.48. The van der Waals surface area contributed by atoms with Gasteiger partial charge in [0.25, 0.3) is 0 Å². The summed E-state index contributed by atoms with van der Waals surface area (Å²) in [5, 5.41) is 2.77. The average Bonchev–Trinajstić information content (AvgIpc) is 2.70. The maximum Gasteiger partial charge on any atom is 0.242 e. The molecule has 5 nitrogen and oxygen atoms in total. The molecule has 2 N–H and O–H groups in total. The van der Waals surface area contributed by atoms with Crippen molar-refractivity contribution in [3.05, 3.63) is 84.7 Å². The SMILES string of the molecule is C[C@@H](NS(=O)(=O)c1ccc(F)cc1)C(=O)Nc1ccccc1Sc1ccccc1. The van der Waals surface area contributed by atoms with Crippen molar-refractivity contribution in [1.29, 1.82) is 0 Å². The van der Waals surface area contributed by atoms with Crippen LogP contribution in [-0.4, -0.2) is 20.4 Å². The number of nitrogens with one attached hydrogen (secondary N) is 2. The Labute approximate surface area is 173 Å². The van der Waals surface area contributed by atoms with Crippen molar-refractivity contribution in [3.63, 3.8) is 0 Å². The Morgan fingerprint density at radius 1 is 0.931 bits per heavy atom. The molecule has 0 spiro atoms. The lowest BCUT2D eigenvalue weighted by Crippen LogP contribution is -2.41. The lowest BCUT2D eigenvalue weighted by atomic mass is 10.3. The monoisotopic (exact) mass is 430 g/mol. The molecule has 1 atom stereocenters. The molecule has 0 saturated heterocycles. The van der Waals surface area contributed by atoms with Crippen LogP contribution in [-0.2, 0) is 14.8 Å². The number of halogens is 1. The Bertz CT molecular complexity index is 1090. The summed E-state index contributed by atoms with van der Waals surface area (Å²) in [4.78, 5) is 14.3. The van der Waals surface area contributed by atoms with Crippen molar-refractivity contribution in [2.24, 2.45) is 0 Å². The first-order chi connectivity index (χ1) is 13.8. The molecule has 0 fully saturated rings. The Morgan fingerprint density at radius 2 is 1.55 bits per heavy atom. The highest BCUT2D eigenvalue weighted by atomic mass is 32.2. The maximum atomic E-state index is 13.0. The van der Waals surface area contributed by atoms with Crippen molar-refractivity contribution in [2.75, 3.05) is 5.32 Å². The molecule has 0 unspecified atom stereocenters. The second kappa shape index (κ2) is 9.21. The molecule has 3 aromatic rings. The van der Waals surface area contributed by atoms with E-state index in [0.29, 0.717) is 5.69 Å². The fraction of sp³-hybridized carbons (Fsp3) is 0.0952. The predicted octanol–water partition coefficient (Wildman–Crippen LogP) is 4.28. The highest BCUT2D eigenvalue weighted by molar-refractivity contribution is 7.99. The molecule has 0 aliphatic carbocycles. The fourth-order valence-corrected chi connectivity index (χ4v) is 4.61. The van der Waals surface area contributed by atoms with Crippen LogP contribution >= 0.6 is 11.8 Å². The van der Waals surface area contributed by atoms with Crippen molar-refractivity contribution < 1.29 is 17.6 Å². The molecular formula is C21H19FN2O3S2. The summed E-state index contributed by atoms with van der Waals surface area (Å²) in [6.45, 7) is 1.45. The minimum Gasteiger partial charge on any atom is -0.324 e. The van der Waals surface area contributed by atoms with Crippen LogP contribution in [0.2, 0.25) is 0 Å². The third kappa shape index (κ3) is 5.66. The quantitative estimate of drug-likeness (QED) is 0.587. The van der Waals surface area contributed by atoms with Gasteiger partial charge in [-0.15, -0.1) is 0 Å². The van der Waals surface area contributed by atoms with Crippen molar-refractivity contribution in [1.82, 2.24) is 4.72 Å². The Kier molecular flexibility index (Phi) is 6.68. The first-order valence-corrected chi connectivity index (χ1v) is 11.1. The number of rotatable bonds is 7. The van der Waals surface area contributed by atoms with E-state index >= 15 is 0 Å². The Morgan fingerprint density at radius 3 is 2.24 bits per heavy atom. The van der Waals surface area contributed by atoms with E-state index in [1.54, 1.807) is 12.1 Å². The minimum absolute atomic E-state index is 0.112. The van der Waals surface area contributed by atoms with Gasteiger partial charge in [-0.05, 0) is 55.5 Å². The molecule has 3 rings (SSSR count). The number of carbonyl (C=O) groups excluding carboxylic acids is 1. The van der Waals surface area contributed by atoms with E-state index in [-0.39, 0.29) is 4.90 Å². The number of hydrogen-bond acceptors (Lipinski definition) is 4. The van der Waals surface area contributed by atoms with Crippen molar-refractivity contribution in [3.8, 4) is 0 Å². The van der Waals surface area contributed by atoms with Crippen LogP contribution < -0.4 is 10.0 Å². The summed E-state index contributed by atoms with van der Waals surface area (Å²) in [6.07, 6.45) is 0. The summed E-state index contributed by atoms with van der Waals surface area (Å²) in [7, 11) is -3.95. The van der Waals surface area contributed by atoms with Gasteiger partial charge in [-0.3, -0.25) is 4.79 Å². The smallest absolute Gasteiger partial charge is 0.242 e. The molecule has 0 aliphatic rings. The van der Waals surface area contributed by atoms with Crippen LogP contribution in [0, 0.1) is 5.82 Å². The van der Waals surface area contributed by atoms with Gasteiger partial charge in [0.15, 0.2) is 0 Å². The molecule has 0 aliphatic heterocycles. The van der Waals surface area contributed by atoms with Gasteiger partial charge < -0.3 is 5.32 Å². The standard InChI is InChI=1S/C21H19FN2O3S2/c1-15(24-29(26,27)18-13-11-16(22)12-14-18)21(25)23-19-9-5-6-10-20(19)28-17-7-3-2-4-8-17/h2-15,24H,1H3,(H,23,25)/t15-/m1/s1. The van der Waals surface area contributed by atoms with Crippen molar-refractivity contribution >= 4 is 33.4 Å². The third-order valence-electron chi connectivity index (χ3n) is 3.97. The number of para-hydroxylation sites is 1. The number of sulfonamides is 1. The van der Waals surface area contributed by atoms with E-state index in [1.807, 2.05) is 42.5 Å². The third-order valence-corrected chi connectivity index (χ3v) is 6.61. The van der Waals surface area contributed by atoms with Crippen LogP contribution in [0.5, 0.6) is 0 Å². The molecular weight excluding hydrogens is 411 g/mol. The van der Waals surface area contributed by atoms with Gasteiger partial charge in [0.05, 0.1) is 16.6 Å². The lowest BCUT2D eigenvalue weighted by molar-refractivity contribution is -0.117. The van der Waals surface area contributed by atoms with E-state index in [1.165, 1.54) is 18.7 Å².